The lowest BCUT2D eigenvalue weighted by Crippen LogP contribution is -2.15. The highest BCUT2D eigenvalue weighted by molar-refractivity contribution is 7.99. The number of halogens is 1. The van der Waals surface area contributed by atoms with Crippen LogP contribution in [0.1, 0.15) is 5.76 Å². The van der Waals surface area contributed by atoms with Gasteiger partial charge in [0.1, 0.15) is 17.9 Å². The number of aromatic nitrogens is 3. The molecule has 8 heteroatoms. The van der Waals surface area contributed by atoms with Crippen molar-refractivity contribution in [1.82, 2.24) is 14.8 Å². The zero-order valence-electron chi connectivity index (χ0n) is 12.0. The summed E-state index contributed by atoms with van der Waals surface area (Å²) < 4.78 is 20.5. The Labute approximate surface area is 135 Å². The second kappa shape index (κ2) is 7.10. The van der Waals surface area contributed by atoms with E-state index in [0.29, 0.717) is 11.7 Å². The Balaban J connectivity index is 1.57. The maximum absolute atomic E-state index is 13.5. The van der Waals surface area contributed by atoms with Crippen LogP contribution in [0.15, 0.2) is 58.6 Å². The van der Waals surface area contributed by atoms with E-state index in [4.69, 9.17) is 4.42 Å². The predicted molar refractivity (Wildman–Crippen MR) is 83.6 cm³/mol. The van der Waals surface area contributed by atoms with Gasteiger partial charge in [-0.1, -0.05) is 23.9 Å². The van der Waals surface area contributed by atoms with Crippen LogP contribution in [0.2, 0.25) is 0 Å². The van der Waals surface area contributed by atoms with Crippen LogP contribution in [0.4, 0.5) is 10.1 Å². The van der Waals surface area contributed by atoms with E-state index in [-0.39, 0.29) is 17.3 Å². The molecule has 0 spiro atoms. The smallest absolute Gasteiger partial charge is 0.234 e. The molecule has 0 saturated carbocycles. The van der Waals surface area contributed by atoms with Gasteiger partial charge >= 0.3 is 0 Å². The summed E-state index contributed by atoms with van der Waals surface area (Å²) in [4.78, 5) is 11.9. The Kier molecular flexibility index (Phi) is 4.72. The Hall–Kier alpha value is -2.61. The lowest BCUT2D eigenvalue weighted by molar-refractivity contribution is -0.113. The van der Waals surface area contributed by atoms with E-state index in [1.165, 1.54) is 23.9 Å². The van der Waals surface area contributed by atoms with Gasteiger partial charge in [0.15, 0.2) is 5.16 Å². The molecule has 23 heavy (non-hydrogen) atoms. The summed E-state index contributed by atoms with van der Waals surface area (Å²) in [5, 5.41) is 10.9. The first-order valence-corrected chi connectivity index (χ1v) is 7.78. The zero-order chi connectivity index (χ0) is 16.1. The number of furan rings is 1. The molecule has 0 saturated heterocycles. The standard InChI is InChI=1S/C15H13FN4O2S/c16-12-5-1-2-6-13(12)18-14(21)9-23-15-19-17-10-20(15)8-11-4-3-7-22-11/h1-7,10H,8-9H2,(H,18,21). The largest absolute Gasteiger partial charge is 0.467 e. The third kappa shape index (κ3) is 3.98. The molecule has 2 aromatic heterocycles. The van der Waals surface area contributed by atoms with Crippen LogP contribution in [0.5, 0.6) is 0 Å². The fourth-order valence-corrected chi connectivity index (χ4v) is 2.63. The molecule has 2 heterocycles. The number of nitrogens with zero attached hydrogens (tertiary/aromatic N) is 3. The number of amides is 1. The summed E-state index contributed by atoms with van der Waals surface area (Å²) in [6, 6.07) is 9.68. The Morgan fingerprint density at radius 1 is 1.30 bits per heavy atom. The SMILES string of the molecule is O=C(CSc1nncn1Cc1ccco1)Nc1ccccc1F. The minimum Gasteiger partial charge on any atom is -0.467 e. The quantitative estimate of drug-likeness (QED) is 0.703. The average molecular weight is 332 g/mol. The summed E-state index contributed by atoms with van der Waals surface area (Å²) in [7, 11) is 0. The van der Waals surface area contributed by atoms with Crippen molar-refractivity contribution in [3.05, 3.63) is 60.6 Å². The van der Waals surface area contributed by atoms with Crippen molar-refractivity contribution in [1.29, 1.82) is 0 Å². The van der Waals surface area contributed by atoms with Gasteiger partial charge in [-0.3, -0.25) is 4.79 Å². The Bertz CT molecular complexity index is 788. The normalized spacial score (nSPS) is 10.7. The summed E-state index contributed by atoms with van der Waals surface area (Å²) in [6.45, 7) is 0.483. The van der Waals surface area contributed by atoms with Gasteiger partial charge in [-0.15, -0.1) is 10.2 Å². The molecular formula is C15H13FN4O2S. The van der Waals surface area contributed by atoms with Crippen molar-refractivity contribution in [2.75, 3.05) is 11.1 Å². The van der Waals surface area contributed by atoms with E-state index in [1.54, 1.807) is 35.4 Å². The fourth-order valence-electron chi connectivity index (χ4n) is 1.91. The number of hydrogen-bond acceptors (Lipinski definition) is 5. The zero-order valence-corrected chi connectivity index (χ0v) is 12.8. The van der Waals surface area contributed by atoms with Crippen LogP contribution in [0.3, 0.4) is 0 Å². The maximum atomic E-state index is 13.5. The highest BCUT2D eigenvalue weighted by Crippen LogP contribution is 2.18. The molecule has 6 nitrogen and oxygen atoms in total. The number of para-hydroxylation sites is 1. The average Bonchev–Trinajstić information content (AvgIpc) is 3.20. The predicted octanol–water partition coefficient (Wildman–Crippen LogP) is 2.79. The van der Waals surface area contributed by atoms with Crippen molar-refractivity contribution in [2.24, 2.45) is 0 Å². The van der Waals surface area contributed by atoms with Gasteiger partial charge < -0.3 is 14.3 Å². The number of rotatable bonds is 6. The molecule has 1 aromatic carbocycles. The lowest BCUT2D eigenvalue weighted by atomic mass is 10.3. The molecule has 0 bridgehead atoms. The van der Waals surface area contributed by atoms with Crippen molar-refractivity contribution < 1.29 is 13.6 Å². The second-order valence-electron chi connectivity index (χ2n) is 4.64. The number of carbonyl (C=O) groups is 1. The summed E-state index contributed by atoms with van der Waals surface area (Å²) in [5.74, 6) is 0.0903. The van der Waals surface area contributed by atoms with Gasteiger partial charge in [0.05, 0.1) is 24.2 Å². The molecular weight excluding hydrogens is 319 g/mol. The molecule has 3 aromatic rings. The molecule has 1 N–H and O–H groups in total. The van der Waals surface area contributed by atoms with Crippen molar-refractivity contribution in [3.63, 3.8) is 0 Å². The van der Waals surface area contributed by atoms with Gasteiger partial charge in [0.2, 0.25) is 5.91 Å². The first-order valence-electron chi connectivity index (χ1n) is 6.80. The minimum absolute atomic E-state index is 0.102. The molecule has 118 valence electrons. The van der Waals surface area contributed by atoms with E-state index in [0.717, 1.165) is 5.76 Å². The maximum Gasteiger partial charge on any atom is 0.234 e. The number of anilines is 1. The Morgan fingerprint density at radius 3 is 2.96 bits per heavy atom. The molecule has 1 amide bonds. The second-order valence-corrected chi connectivity index (χ2v) is 5.58. The van der Waals surface area contributed by atoms with Gasteiger partial charge in [0, 0.05) is 0 Å². The van der Waals surface area contributed by atoms with Gasteiger partial charge in [-0.25, -0.2) is 4.39 Å². The van der Waals surface area contributed by atoms with Crippen LogP contribution in [-0.2, 0) is 11.3 Å². The highest BCUT2D eigenvalue weighted by atomic mass is 32.2. The van der Waals surface area contributed by atoms with Crippen molar-refractivity contribution in [2.45, 2.75) is 11.7 Å². The van der Waals surface area contributed by atoms with E-state index in [9.17, 15) is 9.18 Å². The number of hydrogen-bond donors (Lipinski definition) is 1. The van der Waals surface area contributed by atoms with Crippen LogP contribution in [0.25, 0.3) is 0 Å². The number of carbonyl (C=O) groups excluding carboxylic acids is 1. The third-order valence-electron chi connectivity index (χ3n) is 2.97. The topological polar surface area (TPSA) is 73.0 Å². The van der Waals surface area contributed by atoms with Crippen LogP contribution in [-0.4, -0.2) is 26.4 Å². The summed E-state index contributed by atoms with van der Waals surface area (Å²) in [6.07, 6.45) is 3.16. The third-order valence-corrected chi connectivity index (χ3v) is 3.95. The number of nitrogens with one attached hydrogen (secondary N) is 1. The molecule has 0 aliphatic heterocycles. The molecule has 0 aliphatic rings. The van der Waals surface area contributed by atoms with E-state index < -0.39 is 5.82 Å². The molecule has 0 radical (unpaired) electrons. The first-order chi connectivity index (χ1) is 11.2. The molecule has 0 unspecified atom stereocenters. The van der Waals surface area contributed by atoms with Gasteiger partial charge in [0.25, 0.3) is 0 Å². The number of benzene rings is 1. The van der Waals surface area contributed by atoms with Crippen LogP contribution < -0.4 is 5.32 Å². The lowest BCUT2D eigenvalue weighted by Gasteiger charge is -2.06. The van der Waals surface area contributed by atoms with Crippen molar-refractivity contribution in [3.8, 4) is 0 Å². The van der Waals surface area contributed by atoms with Gasteiger partial charge in [-0.05, 0) is 24.3 Å². The highest BCUT2D eigenvalue weighted by Gasteiger charge is 2.11. The molecule has 0 aliphatic carbocycles. The summed E-state index contributed by atoms with van der Waals surface area (Å²) >= 11 is 1.22. The monoisotopic (exact) mass is 332 g/mol. The fraction of sp³-hybridized carbons (Fsp3) is 0.133. The van der Waals surface area contributed by atoms with Crippen LogP contribution >= 0.6 is 11.8 Å². The van der Waals surface area contributed by atoms with Crippen molar-refractivity contribution >= 4 is 23.4 Å². The van der Waals surface area contributed by atoms with Gasteiger partial charge in [-0.2, -0.15) is 0 Å². The van der Waals surface area contributed by atoms with E-state index >= 15 is 0 Å². The van der Waals surface area contributed by atoms with E-state index in [2.05, 4.69) is 15.5 Å². The molecule has 0 atom stereocenters. The minimum atomic E-state index is -0.466. The summed E-state index contributed by atoms with van der Waals surface area (Å²) in [5.41, 5.74) is 0.162. The van der Waals surface area contributed by atoms with E-state index in [1.807, 2.05) is 6.07 Å². The molecule has 3 rings (SSSR count). The molecule has 0 fully saturated rings. The van der Waals surface area contributed by atoms with Crippen LogP contribution in [0, 0.1) is 5.82 Å². The number of thioether (sulfide) groups is 1. The Morgan fingerprint density at radius 2 is 2.17 bits per heavy atom. The first kappa shape index (κ1) is 15.3.